The molecule has 0 radical (unpaired) electrons. The first-order valence-electron chi connectivity index (χ1n) is 7.82. The predicted molar refractivity (Wildman–Crippen MR) is 90.9 cm³/mol. The number of anilines is 1. The molecule has 0 bridgehead atoms. The van der Waals surface area contributed by atoms with Gasteiger partial charge in [-0.05, 0) is 36.4 Å². The second-order valence-corrected chi connectivity index (χ2v) is 5.60. The van der Waals surface area contributed by atoms with Crippen molar-refractivity contribution >= 4 is 23.4 Å². The smallest absolute Gasteiger partial charge is 0.265 e. The summed E-state index contributed by atoms with van der Waals surface area (Å²) in [4.78, 5) is 37.4. The molecule has 1 heterocycles. The van der Waals surface area contributed by atoms with Gasteiger partial charge in [-0.25, -0.2) is 14.7 Å². The summed E-state index contributed by atoms with van der Waals surface area (Å²) >= 11 is 0. The van der Waals surface area contributed by atoms with Crippen LogP contribution in [-0.2, 0) is 9.59 Å². The zero-order valence-electron chi connectivity index (χ0n) is 13.9. The van der Waals surface area contributed by atoms with Gasteiger partial charge in [0.2, 0.25) is 5.91 Å². The van der Waals surface area contributed by atoms with Crippen LogP contribution >= 0.6 is 0 Å². The van der Waals surface area contributed by atoms with Gasteiger partial charge in [0.05, 0.1) is 19.2 Å². The van der Waals surface area contributed by atoms with Crippen LogP contribution < -0.4 is 20.5 Å². The van der Waals surface area contributed by atoms with Crippen LogP contribution in [0, 0.1) is 5.82 Å². The maximum Gasteiger partial charge on any atom is 0.265 e. The van der Waals surface area contributed by atoms with E-state index in [1.165, 1.54) is 31.4 Å². The fourth-order valence-corrected chi connectivity index (χ4v) is 2.60. The number of benzene rings is 2. The zero-order valence-corrected chi connectivity index (χ0v) is 13.9. The van der Waals surface area contributed by atoms with Gasteiger partial charge < -0.3 is 4.74 Å². The third kappa shape index (κ3) is 3.40. The molecule has 26 heavy (non-hydrogen) atoms. The van der Waals surface area contributed by atoms with Crippen molar-refractivity contribution in [3.63, 3.8) is 0 Å². The van der Waals surface area contributed by atoms with Gasteiger partial charge in [-0.3, -0.25) is 19.8 Å². The van der Waals surface area contributed by atoms with E-state index >= 15 is 0 Å². The summed E-state index contributed by atoms with van der Waals surface area (Å²) in [6.07, 6.45) is -0.184. The fourth-order valence-electron chi connectivity index (χ4n) is 2.60. The highest BCUT2D eigenvalue weighted by Gasteiger charge is 2.40. The van der Waals surface area contributed by atoms with Crippen molar-refractivity contribution in [3.05, 3.63) is 59.9 Å². The monoisotopic (exact) mass is 357 g/mol. The predicted octanol–water partition coefficient (Wildman–Crippen LogP) is 1.40. The second-order valence-electron chi connectivity index (χ2n) is 5.60. The van der Waals surface area contributed by atoms with E-state index < -0.39 is 29.6 Å². The molecule has 0 spiro atoms. The summed E-state index contributed by atoms with van der Waals surface area (Å²) in [7, 11) is 1.51. The van der Waals surface area contributed by atoms with E-state index in [0.717, 1.165) is 4.90 Å². The summed E-state index contributed by atoms with van der Waals surface area (Å²) in [5, 5.41) is 0. The molecule has 1 fully saturated rings. The minimum atomic E-state index is -0.968. The van der Waals surface area contributed by atoms with Crippen LogP contribution in [0.5, 0.6) is 5.75 Å². The molecule has 3 amide bonds. The average molecular weight is 357 g/mol. The topological polar surface area (TPSA) is 87.7 Å². The summed E-state index contributed by atoms with van der Waals surface area (Å²) in [5.74, 6) is -1.72. The highest BCUT2D eigenvalue weighted by Crippen LogP contribution is 2.25. The number of halogens is 1. The van der Waals surface area contributed by atoms with Gasteiger partial charge in [-0.15, -0.1) is 0 Å². The summed E-state index contributed by atoms with van der Waals surface area (Å²) in [6.45, 7) is 0. The Bertz CT molecular complexity index is 854. The van der Waals surface area contributed by atoms with E-state index in [9.17, 15) is 18.8 Å². The van der Waals surface area contributed by atoms with Crippen LogP contribution in [0.3, 0.4) is 0 Å². The SMILES string of the molecule is COc1ccc(C(=O)NN[C@H]2CC(=O)N(c3ccccc3F)C2=O)cc1. The second kappa shape index (κ2) is 7.32. The summed E-state index contributed by atoms with van der Waals surface area (Å²) < 4.78 is 18.9. The lowest BCUT2D eigenvalue weighted by molar-refractivity contribution is -0.121. The van der Waals surface area contributed by atoms with Gasteiger partial charge in [0, 0.05) is 5.56 Å². The number of carbonyl (C=O) groups excluding carboxylic acids is 3. The molecule has 2 N–H and O–H groups in total. The van der Waals surface area contributed by atoms with Crippen LogP contribution in [0.1, 0.15) is 16.8 Å². The number of amides is 3. The molecule has 0 saturated carbocycles. The van der Waals surface area contributed by atoms with Crippen LogP contribution in [0.2, 0.25) is 0 Å². The number of imide groups is 1. The van der Waals surface area contributed by atoms with Gasteiger partial charge in [0.15, 0.2) is 0 Å². The van der Waals surface area contributed by atoms with Crippen molar-refractivity contribution in [2.45, 2.75) is 12.5 Å². The standard InChI is InChI=1S/C18H16FN3O4/c1-26-12-8-6-11(7-9-12)17(24)21-20-14-10-16(23)22(18(14)25)15-5-3-2-4-13(15)19/h2-9,14,20H,10H2,1H3,(H,21,24)/t14-/m0/s1. The van der Waals surface area contributed by atoms with Crippen molar-refractivity contribution in [1.82, 2.24) is 10.9 Å². The Balaban J connectivity index is 1.65. The Hall–Kier alpha value is -3.26. The van der Waals surface area contributed by atoms with Crippen molar-refractivity contribution in [1.29, 1.82) is 0 Å². The third-order valence-electron chi connectivity index (χ3n) is 3.95. The Morgan fingerprint density at radius 2 is 1.85 bits per heavy atom. The van der Waals surface area contributed by atoms with E-state index in [0.29, 0.717) is 11.3 Å². The van der Waals surface area contributed by atoms with Crippen molar-refractivity contribution in [2.24, 2.45) is 0 Å². The lowest BCUT2D eigenvalue weighted by Gasteiger charge is -2.16. The van der Waals surface area contributed by atoms with Gasteiger partial charge in [-0.2, -0.15) is 0 Å². The number of methoxy groups -OCH3 is 1. The normalized spacial score (nSPS) is 16.7. The molecule has 8 heteroatoms. The third-order valence-corrected chi connectivity index (χ3v) is 3.95. The van der Waals surface area contributed by atoms with Crippen molar-refractivity contribution in [3.8, 4) is 5.75 Å². The van der Waals surface area contributed by atoms with Crippen LogP contribution in [0.25, 0.3) is 0 Å². The van der Waals surface area contributed by atoms with Crippen LogP contribution in [0.4, 0.5) is 10.1 Å². The molecular formula is C18H16FN3O4. The lowest BCUT2D eigenvalue weighted by atomic mass is 10.2. The summed E-state index contributed by atoms with van der Waals surface area (Å²) in [6, 6.07) is 10.9. The Labute approximate surface area is 148 Å². The number of para-hydroxylation sites is 1. The Kier molecular flexibility index (Phi) is 4.94. The molecule has 2 aromatic rings. The molecule has 1 aliphatic heterocycles. The molecular weight excluding hydrogens is 341 g/mol. The first kappa shape index (κ1) is 17.6. The number of ether oxygens (including phenoxy) is 1. The van der Waals surface area contributed by atoms with Gasteiger partial charge >= 0.3 is 0 Å². The molecule has 0 unspecified atom stereocenters. The minimum absolute atomic E-state index is 0.103. The number of carbonyl (C=O) groups is 3. The molecule has 134 valence electrons. The number of hydrogen-bond donors (Lipinski definition) is 2. The number of nitrogens with zero attached hydrogens (tertiary/aromatic N) is 1. The minimum Gasteiger partial charge on any atom is -0.497 e. The number of hydrogen-bond acceptors (Lipinski definition) is 5. The van der Waals surface area contributed by atoms with E-state index in [-0.39, 0.29) is 12.1 Å². The van der Waals surface area contributed by atoms with Crippen LogP contribution in [0.15, 0.2) is 48.5 Å². The van der Waals surface area contributed by atoms with Gasteiger partial charge in [0.25, 0.3) is 11.8 Å². The highest BCUT2D eigenvalue weighted by atomic mass is 19.1. The van der Waals surface area contributed by atoms with Crippen LogP contribution in [-0.4, -0.2) is 30.9 Å². The quantitative estimate of drug-likeness (QED) is 0.624. The highest BCUT2D eigenvalue weighted by molar-refractivity contribution is 6.22. The number of rotatable bonds is 5. The molecule has 1 atom stereocenters. The van der Waals surface area contributed by atoms with E-state index in [1.54, 1.807) is 24.3 Å². The number of nitrogens with one attached hydrogen (secondary N) is 2. The van der Waals surface area contributed by atoms with Crippen molar-refractivity contribution in [2.75, 3.05) is 12.0 Å². The molecule has 0 aromatic heterocycles. The first-order chi connectivity index (χ1) is 12.5. The molecule has 0 aliphatic carbocycles. The average Bonchev–Trinajstić information content (AvgIpc) is 2.94. The van der Waals surface area contributed by atoms with E-state index in [2.05, 4.69) is 10.9 Å². The Morgan fingerprint density at radius 3 is 2.50 bits per heavy atom. The first-order valence-corrected chi connectivity index (χ1v) is 7.82. The molecule has 1 aliphatic rings. The maximum atomic E-state index is 13.9. The molecule has 2 aromatic carbocycles. The zero-order chi connectivity index (χ0) is 18.7. The molecule has 1 saturated heterocycles. The molecule has 3 rings (SSSR count). The fraction of sp³-hybridized carbons (Fsp3) is 0.167. The number of hydrazine groups is 1. The Morgan fingerprint density at radius 1 is 1.15 bits per heavy atom. The van der Waals surface area contributed by atoms with E-state index in [1.807, 2.05) is 0 Å². The molecule has 7 nitrogen and oxygen atoms in total. The van der Waals surface area contributed by atoms with E-state index in [4.69, 9.17) is 4.74 Å². The summed E-state index contributed by atoms with van der Waals surface area (Å²) in [5.41, 5.74) is 5.18. The van der Waals surface area contributed by atoms with Crippen molar-refractivity contribution < 1.29 is 23.5 Å². The van der Waals surface area contributed by atoms with Gasteiger partial charge in [0.1, 0.15) is 17.6 Å². The lowest BCUT2D eigenvalue weighted by Crippen LogP contribution is -2.48. The maximum absolute atomic E-state index is 13.9. The largest absolute Gasteiger partial charge is 0.497 e. The van der Waals surface area contributed by atoms with Gasteiger partial charge in [-0.1, -0.05) is 12.1 Å².